The molecular weight excluding hydrogens is 330 g/mol. The smallest absolute Gasteiger partial charge is 0.312 e. The quantitative estimate of drug-likeness (QED) is 0.548. The van der Waals surface area contributed by atoms with E-state index >= 15 is 0 Å². The van der Waals surface area contributed by atoms with E-state index in [2.05, 4.69) is 0 Å². The summed E-state index contributed by atoms with van der Waals surface area (Å²) < 4.78 is 36.3. The number of carbonyl (C=O) groups is 2. The van der Waals surface area contributed by atoms with Crippen LogP contribution in [-0.4, -0.2) is 30.1 Å². The van der Waals surface area contributed by atoms with Gasteiger partial charge in [0.15, 0.2) is 6.61 Å². The van der Waals surface area contributed by atoms with Gasteiger partial charge < -0.3 is 9.47 Å². The molecule has 1 rings (SSSR count). The zero-order valence-electron chi connectivity index (χ0n) is 16.1. The summed E-state index contributed by atoms with van der Waals surface area (Å²) in [5.74, 6) is -4.68. The molecule has 1 aliphatic carbocycles. The molecule has 0 aromatic carbocycles. The van der Waals surface area contributed by atoms with Gasteiger partial charge in [0.25, 0.3) is 5.92 Å². The zero-order valence-corrected chi connectivity index (χ0v) is 16.1. The summed E-state index contributed by atoms with van der Waals surface area (Å²) in [5.41, 5.74) is -1.26. The van der Waals surface area contributed by atoms with Gasteiger partial charge in [-0.05, 0) is 58.8 Å². The number of hydrogen-bond acceptors (Lipinski definition) is 4. The van der Waals surface area contributed by atoms with Gasteiger partial charge in [-0.15, -0.1) is 0 Å². The van der Waals surface area contributed by atoms with Gasteiger partial charge in [-0.1, -0.05) is 13.8 Å². The van der Waals surface area contributed by atoms with E-state index in [1.807, 2.05) is 6.92 Å². The lowest BCUT2D eigenvalue weighted by Crippen LogP contribution is -2.39. The van der Waals surface area contributed by atoms with Crippen molar-refractivity contribution in [2.75, 3.05) is 6.61 Å². The summed E-state index contributed by atoms with van der Waals surface area (Å²) in [6.07, 6.45) is 5.26. The zero-order chi connectivity index (χ0) is 19.3. The van der Waals surface area contributed by atoms with Crippen molar-refractivity contribution in [3.8, 4) is 0 Å². The highest BCUT2D eigenvalue weighted by Crippen LogP contribution is 2.39. The molecule has 25 heavy (non-hydrogen) atoms. The molecule has 0 saturated heterocycles. The molecule has 1 fully saturated rings. The van der Waals surface area contributed by atoms with Crippen LogP contribution in [0.2, 0.25) is 0 Å². The Morgan fingerprint density at radius 3 is 2.12 bits per heavy atom. The van der Waals surface area contributed by atoms with E-state index in [1.54, 1.807) is 20.8 Å². The van der Waals surface area contributed by atoms with Crippen molar-refractivity contribution in [3.05, 3.63) is 0 Å². The number of esters is 2. The Morgan fingerprint density at radius 1 is 1.12 bits per heavy atom. The maximum atomic E-state index is 12.9. The average Bonchev–Trinajstić information content (AvgIpc) is 2.98. The van der Waals surface area contributed by atoms with Crippen LogP contribution in [0.5, 0.6) is 0 Å². The van der Waals surface area contributed by atoms with Crippen molar-refractivity contribution in [2.24, 2.45) is 11.3 Å². The largest absolute Gasteiger partial charge is 0.459 e. The Bertz CT molecular complexity index is 463. The molecular formula is C19H32F2O4. The molecule has 0 aliphatic heterocycles. The standard InChI is InChI=1S/C19H32F2O4/c1-6-14(15(22)24-13-18(5,20)21)12-17(3,4)16(23)25-19(7-2)10-8-9-11-19/h14H,6-13H2,1-5H3. The molecule has 0 bridgehead atoms. The second-order valence-electron chi connectivity index (χ2n) is 8.00. The Labute approximate surface area is 149 Å². The van der Waals surface area contributed by atoms with Gasteiger partial charge in [-0.3, -0.25) is 9.59 Å². The van der Waals surface area contributed by atoms with Crippen molar-refractivity contribution < 1.29 is 27.8 Å². The molecule has 0 radical (unpaired) electrons. The van der Waals surface area contributed by atoms with Crippen molar-refractivity contribution >= 4 is 11.9 Å². The van der Waals surface area contributed by atoms with Crippen molar-refractivity contribution in [1.82, 2.24) is 0 Å². The van der Waals surface area contributed by atoms with Gasteiger partial charge in [0.2, 0.25) is 0 Å². The summed E-state index contributed by atoms with van der Waals surface area (Å²) in [6.45, 7) is 7.03. The first-order valence-corrected chi connectivity index (χ1v) is 9.22. The summed E-state index contributed by atoms with van der Waals surface area (Å²) >= 11 is 0. The topological polar surface area (TPSA) is 52.6 Å². The highest BCUT2D eigenvalue weighted by Gasteiger charge is 2.42. The predicted molar refractivity (Wildman–Crippen MR) is 91.3 cm³/mol. The second-order valence-corrected chi connectivity index (χ2v) is 8.00. The van der Waals surface area contributed by atoms with Crippen LogP contribution in [0.15, 0.2) is 0 Å². The fourth-order valence-electron chi connectivity index (χ4n) is 3.29. The maximum Gasteiger partial charge on any atom is 0.312 e. The molecule has 4 nitrogen and oxygen atoms in total. The third kappa shape index (κ3) is 6.55. The Balaban J connectivity index is 2.69. The Morgan fingerprint density at radius 2 is 1.68 bits per heavy atom. The van der Waals surface area contributed by atoms with E-state index in [-0.39, 0.29) is 18.0 Å². The van der Waals surface area contributed by atoms with Gasteiger partial charge in [0.1, 0.15) is 5.60 Å². The van der Waals surface area contributed by atoms with E-state index in [1.165, 1.54) is 0 Å². The maximum absolute atomic E-state index is 12.9. The van der Waals surface area contributed by atoms with Crippen molar-refractivity contribution in [1.29, 1.82) is 0 Å². The van der Waals surface area contributed by atoms with Gasteiger partial charge >= 0.3 is 11.9 Å². The number of hydrogen-bond donors (Lipinski definition) is 0. The van der Waals surface area contributed by atoms with Crippen molar-refractivity contribution in [2.45, 2.75) is 91.1 Å². The minimum Gasteiger partial charge on any atom is -0.459 e. The van der Waals surface area contributed by atoms with E-state index < -0.39 is 29.8 Å². The summed E-state index contributed by atoms with van der Waals surface area (Å²) in [7, 11) is 0. The molecule has 6 heteroatoms. The first kappa shape index (κ1) is 21.8. The molecule has 0 amide bonds. The minimum absolute atomic E-state index is 0.218. The minimum atomic E-state index is -3.06. The summed E-state index contributed by atoms with van der Waals surface area (Å²) in [5, 5.41) is 0. The molecule has 0 aromatic heterocycles. The normalized spacial score (nSPS) is 18.7. The van der Waals surface area contributed by atoms with Crippen LogP contribution in [0.1, 0.15) is 79.6 Å². The number of rotatable bonds is 9. The first-order valence-electron chi connectivity index (χ1n) is 9.22. The third-order valence-corrected chi connectivity index (χ3v) is 5.07. The lowest BCUT2D eigenvalue weighted by Gasteiger charge is -2.34. The summed E-state index contributed by atoms with van der Waals surface area (Å²) in [4.78, 5) is 24.8. The highest BCUT2D eigenvalue weighted by molar-refractivity contribution is 5.78. The molecule has 1 saturated carbocycles. The molecule has 1 aliphatic rings. The number of ether oxygens (including phenoxy) is 2. The van der Waals surface area contributed by atoms with Gasteiger partial charge in [0.05, 0.1) is 11.3 Å². The first-order chi connectivity index (χ1) is 11.4. The molecule has 0 spiro atoms. The highest BCUT2D eigenvalue weighted by atomic mass is 19.3. The van der Waals surface area contributed by atoms with Crippen LogP contribution in [0.3, 0.4) is 0 Å². The Hall–Kier alpha value is -1.20. The second kappa shape index (κ2) is 8.45. The van der Waals surface area contributed by atoms with Crippen LogP contribution in [0.4, 0.5) is 8.78 Å². The lowest BCUT2D eigenvalue weighted by atomic mass is 9.81. The number of halogens is 2. The van der Waals surface area contributed by atoms with Crippen LogP contribution < -0.4 is 0 Å². The number of alkyl halides is 2. The van der Waals surface area contributed by atoms with Crippen LogP contribution in [0.25, 0.3) is 0 Å². The summed E-state index contributed by atoms with van der Waals surface area (Å²) in [6, 6.07) is 0. The van der Waals surface area contributed by atoms with E-state index in [0.717, 1.165) is 32.1 Å². The molecule has 1 atom stereocenters. The third-order valence-electron chi connectivity index (χ3n) is 5.07. The lowest BCUT2D eigenvalue weighted by molar-refractivity contribution is -0.173. The molecule has 0 heterocycles. The SMILES string of the molecule is CCC(CC(C)(C)C(=O)OC1(CC)CCCC1)C(=O)OCC(C)(F)F. The molecule has 146 valence electrons. The van der Waals surface area contributed by atoms with Gasteiger partial charge in [-0.25, -0.2) is 8.78 Å². The molecule has 0 N–H and O–H groups in total. The van der Waals surface area contributed by atoms with Crippen LogP contribution >= 0.6 is 0 Å². The molecule has 1 unspecified atom stereocenters. The molecule has 0 aromatic rings. The van der Waals surface area contributed by atoms with Gasteiger partial charge in [0, 0.05) is 6.92 Å². The van der Waals surface area contributed by atoms with Crippen LogP contribution in [-0.2, 0) is 19.1 Å². The van der Waals surface area contributed by atoms with Gasteiger partial charge in [-0.2, -0.15) is 0 Å². The van der Waals surface area contributed by atoms with E-state index in [0.29, 0.717) is 13.3 Å². The van der Waals surface area contributed by atoms with Crippen LogP contribution in [0, 0.1) is 11.3 Å². The van der Waals surface area contributed by atoms with E-state index in [4.69, 9.17) is 9.47 Å². The Kier molecular flexibility index (Phi) is 7.39. The predicted octanol–water partition coefficient (Wildman–Crippen LogP) is 4.89. The monoisotopic (exact) mass is 362 g/mol. The number of carbonyl (C=O) groups excluding carboxylic acids is 2. The van der Waals surface area contributed by atoms with Crippen molar-refractivity contribution in [3.63, 3.8) is 0 Å². The fraction of sp³-hybridized carbons (Fsp3) is 0.895. The average molecular weight is 362 g/mol. The fourth-order valence-corrected chi connectivity index (χ4v) is 3.29. The van der Waals surface area contributed by atoms with E-state index in [9.17, 15) is 18.4 Å².